The van der Waals surface area contributed by atoms with Crippen molar-refractivity contribution in [2.45, 2.75) is 31.8 Å². The molecule has 0 saturated carbocycles. The van der Waals surface area contributed by atoms with Crippen LogP contribution in [-0.4, -0.2) is 36.6 Å². The largest absolute Gasteiger partial charge is 0.309 e. The van der Waals surface area contributed by atoms with E-state index in [2.05, 4.69) is 17.1 Å². The molecule has 2 heterocycles. The summed E-state index contributed by atoms with van der Waals surface area (Å²) in [5.74, 6) is 0. The average molecular weight is 140 g/mol. The summed E-state index contributed by atoms with van der Waals surface area (Å²) in [7, 11) is 0. The molecule has 0 aromatic heterocycles. The number of likely N-dealkylation sites (N-methyl/N-ethyl adjacent to an activating group) is 1. The Bertz CT molecular complexity index is 112. The molecule has 2 rings (SSSR count). The van der Waals surface area contributed by atoms with Gasteiger partial charge in [0.25, 0.3) is 0 Å². The zero-order valence-electron chi connectivity index (χ0n) is 6.64. The minimum absolute atomic E-state index is 0.818. The Labute approximate surface area is 62.6 Å². The van der Waals surface area contributed by atoms with Gasteiger partial charge in [0.05, 0.1) is 0 Å². The fraction of sp³-hybridized carbons (Fsp3) is 1.00. The predicted molar refractivity (Wildman–Crippen MR) is 42.1 cm³/mol. The number of rotatable bonds is 1. The van der Waals surface area contributed by atoms with Gasteiger partial charge in [0.15, 0.2) is 0 Å². The molecule has 0 amide bonds. The summed E-state index contributed by atoms with van der Waals surface area (Å²) < 4.78 is 0. The standard InChI is InChI=1S/C8H16N2/c1-2-10-5-7-3-4-8(6-10)9-7/h7-9H,2-6H2,1H3. The first-order chi connectivity index (χ1) is 4.88. The van der Waals surface area contributed by atoms with Gasteiger partial charge in [-0.1, -0.05) is 6.92 Å². The van der Waals surface area contributed by atoms with E-state index in [1.165, 1.54) is 32.5 Å². The Hall–Kier alpha value is -0.0800. The second-order valence-corrected chi connectivity index (χ2v) is 3.49. The summed E-state index contributed by atoms with van der Waals surface area (Å²) >= 11 is 0. The second kappa shape index (κ2) is 2.51. The number of likely N-dealkylation sites (tertiary alicyclic amines) is 1. The number of fused-ring (bicyclic) bond motifs is 2. The molecular weight excluding hydrogens is 124 g/mol. The predicted octanol–water partition coefficient (Wildman–Crippen LogP) is 0.442. The highest BCUT2D eigenvalue weighted by Gasteiger charge is 2.30. The Morgan fingerprint density at radius 2 is 1.90 bits per heavy atom. The van der Waals surface area contributed by atoms with Crippen molar-refractivity contribution in [2.24, 2.45) is 0 Å². The number of hydrogen-bond donors (Lipinski definition) is 1. The molecule has 0 aromatic carbocycles. The zero-order valence-corrected chi connectivity index (χ0v) is 6.64. The Morgan fingerprint density at radius 1 is 1.30 bits per heavy atom. The summed E-state index contributed by atoms with van der Waals surface area (Å²) in [5, 5.41) is 3.61. The third kappa shape index (κ3) is 1.06. The van der Waals surface area contributed by atoms with Crippen molar-refractivity contribution in [2.75, 3.05) is 19.6 Å². The maximum atomic E-state index is 3.61. The van der Waals surface area contributed by atoms with Gasteiger partial charge in [-0.05, 0) is 19.4 Å². The van der Waals surface area contributed by atoms with Crippen LogP contribution in [0.3, 0.4) is 0 Å². The van der Waals surface area contributed by atoms with Crippen LogP contribution in [0.15, 0.2) is 0 Å². The topological polar surface area (TPSA) is 15.3 Å². The lowest BCUT2D eigenvalue weighted by molar-refractivity contribution is 0.205. The molecule has 2 unspecified atom stereocenters. The molecule has 2 fully saturated rings. The fourth-order valence-corrected chi connectivity index (χ4v) is 2.15. The maximum absolute atomic E-state index is 3.61. The van der Waals surface area contributed by atoms with E-state index in [1.807, 2.05) is 0 Å². The first-order valence-corrected chi connectivity index (χ1v) is 4.37. The Morgan fingerprint density at radius 3 is 2.40 bits per heavy atom. The van der Waals surface area contributed by atoms with Crippen LogP contribution in [0.4, 0.5) is 0 Å². The van der Waals surface area contributed by atoms with Crippen LogP contribution in [0, 0.1) is 0 Å². The molecule has 2 nitrogen and oxygen atoms in total. The molecule has 0 aromatic rings. The average Bonchev–Trinajstić information content (AvgIpc) is 2.30. The molecule has 0 aliphatic carbocycles. The smallest absolute Gasteiger partial charge is 0.0198 e. The van der Waals surface area contributed by atoms with Gasteiger partial charge in [0.1, 0.15) is 0 Å². The van der Waals surface area contributed by atoms with Crippen LogP contribution < -0.4 is 5.32 Å². The highest BCUT2D eigenvalue weighted by Crippen LogP contribution is 2.19. The third-order valence-corrected chi connectivity index (χ3v) is 2.74. The molecule has 2 atom stereocenters. The number of nitrogens with one attached hydrogen (secondary N) is 1. The minimum atomic E-state index is 0.818. The monoisotopic (exact) mass is 140 g/mol. The fourth-order valence-electron chi connectivity index (χ4n) is 2.15. The van der Waals surface area contributed by atoms with Crippen LogP contribution in [0.5, 0.6) is 0 Å². The summed E-state index contributed by atoms with van der Waals surface area (Å²) in [6.07, 6.45) is 2.81. The van der Waals surface area contributed by atoms with Gasteiger partial charge in [-0.2, -0.15) is 0 Å². The SMILES string of the molecule is CCN1CC2CCC(C1)N2. The highest BCUT2D eigenvalue weighted by molar-refractivity contribution is 4.92. The third-order valence-electron chi connectivity index (χ3n) is 2.74. The first kappa shape index (κ1) is 6.62. The lowest BCUT2D eigenvalue weighted by Gasteiger charge is -2.31. The summed E-state index contributed by atoms with van der Waals surface area (Å²) in [4.78, 5) is 2.55. The number of nitrogens with zero attached hydrogens (tertiary/aromatic N) is 1. The van der Waals surface area contributed by atoms with Crippen molar-refractivity contribution in [3.63, 3.8) is 0 Å². The lowest BCUT2D eigenvalue weighted by atomic mass is 10.2. The maximum Gasteiger partial charge on any atom is 0.0198 e. The molecule has 10 heavy (non-hydrogen) atoms. The van der Waals surface area contributed by atoms with Crippen molar-refractivity contribution in [1.29, 1.82) is 0 Å². The van der Waals surface area contributed by atoms with E-state index in [1.54, 1.807) is 0 Å². The van der Waals surface area contributed by atoms with Crippen molar-refractivity contribution in [3.8, 4) is 0 Å². The van der Waals surface area contributed by atoms with Gasteiger partial charge in [-0.25, -0.2) is 0 Å². The van der Waals surface area contributed by atoms with Gasteiger partial charge >= 0.3 is 0 Å². The number of piperazine rings is 1. The van der Waals surface area contributed by atoms with Crippen molar-refractivity contribution in [3.05, 3.63) is 0 Å². The quantitative estimate of drug-likeness (QED) is 0.568. The van der Waals surface area contributed by atoms with Crippen LogP contribution in [0.25, 0.3) is 0 Å². The van der Waals surface area contributed by atoms with Crippen molar-refractivity contribution < 1.29 is 0 Å². The van der Waals surface area contributed by atoms with E-state index < -0.39 is 0 Å². The zero-order chi connectivity index (χ0) is 6.97. The van der Waals surface area contributed by atoms with Crippen LogP contribution in [0.1, 0.15) is 19.8 Å². The van der Waals surface area contributed by atoms with Crippen molar-refractivity contribution in [1.82, 2.24) is 10.2 Å². The van der Waals surface area contributed by atoms with Crippen LogP contribution in [-0.2, 0) is 0 Å². The molecule has 2 aliphatic rings. The summed E-state index contributed by atoms with van der Waals surface area (Å²) in [6.45, 7) is 6.06. The van der Waals surface area contributed by atoms with Gasteiger partial charge in [0.2, 0.25) is 0 Å². The van der Waals surface area contributed by atoms with E-state index in [9.17, 15) is 0 Å². The molecule has 1 N–H and O–H groups in total. The summed E-state index contributed by atoms with van der Waals surface area (Å²) in [5.41, 5.74) is 0. The molecule has 2 heteroatoms. The van der Waals surface area contributed by atoms with E-state index >= 15 is 0 Å². The number of hydrogen-bond acceptors (Lipinski definition) is 2. The minimum Gasteiger partial charge on any atom is -0.309 e. The first-order valence-electron chi connectivity index (χ1n) is 4.37. The van der Waals surface area contributed by atoms with Gasteiger partial charge < -0.3 is 10.2 Å². The van der Waals surface area contributed by atoms with E-state index in [-0.39, 0.29) is 0 Å². The van der Waals surface area contributed by atoms with Gasteiger partial charge in [-0.3, -0.25) is 0 Å². The molecule has 2 saturated heterocycles. The van der Waals surface area contributed by atoms with E-state index in [4.69, 9.17) is 0 Å². The molecule has 0 radical (unpaired) electrons. The molecule has 2 bridgehead atoms. The highest BCUT2D eigenvalue weighted by atomic mass is 15.2. The van der Waals surface area contributed by atoms with Crippen molar-refractivity contribution >= 4 is 0 Å². The lowest BCUT2D eigenvalue weighted by Crippen LogP contribution is -2.50. The second-order valence-electron chi connectivity index (χ2n) is 3.49. The van der Waals surface area contributed by atoms with E-state index in [0.29, 0.717) is 0 Å². The Balaban J connectivity index is 1.96. The van der Waals surface area contributed by atoms with Gasteiger partial charge in [-0.15, -0.1) is 0 Å². The summed E-state index contributed by atoms with van der Waals surface area (Å²) in [6, 6.07) is 1.64. The molecule has 58 valence electrons. The molecule has 2 aliphatic heterocycles. The van der Waals surface area contributed by atoms with E-state index in [0.717, 1.165) is 12.1 Å². The molecule has 0 spiro atoms. The van der Waals surface area contributed by atoms with Crippen LogP contribution in [0.2, 0.25) is 0 Å². The van der Waals surface area contributed by atoms with Crippen LogP contribution >= 0.6 is 0 Å². The normalized spacial score (nSPS) is 40.5. The Kier molecular flexibility index (Phi) is 1.66. The van der Waals surface area contributed by atoms with Gasteiger partial charge in [0, 0.05) is 25.2 Å². The molecular formula is C8H16N2.